The lowest BCUT2D eigenvalue weighted by Crippen LogP contribution is -2.04. The van der Waals surface area contributed by atoms with Crippen molar-refractivity contribution in [3.63, 3.8) is 0 Å². The number of carbonyl (C=O) groups is 1. The summed E-state index contributed by atoms with van der Waals surface area (Å²) < 4.78 is 9.52. The van der Waals surface area contributed by atoms with E-state index in [4.69, 9.17) is 16.3 Å². The Balaban J connectivity index is 3.22. The van der Waals surface area contributed by atoms with E-state index in [0.717, 1.165) is 0 Å². The van der Waals surface area contributed by atoms with Crippen molar-refractivity contribution < 1.29 is 14.3 Å². The maximum absolute atomic E-state index is 11.2. The van der Waals surface area contributed by atoms with Crippen LogP contribution >= 0.6 is 11.6 Å². The molecule has 70 valence electrons. The highest BCUT2D eigenvalue weighted by Gasteiger charge is 2.15. The average Bonchev–Trinajstić information content (AvgIpc) is 2.16. The van der Waals surface area contributed by atoms with Crippen molar-refractivity contribution in [2.45, 2.75) is 0 Å². The molecule has 0 radical (unpaired) electrons. The third-order valence-electron chi connectivity index (χ3n) is 1.58. The SMILES string of the molecule is COC(=O)c1c(Cl)cccc1OC. The number of esters is 1. The predicted octanol–water partition coefficient (Wildman–Crippen LogP) is 2.14. The molecule has 0 spiro atoms. The summed E-state index contributed by atoms with van der Waals surface area (Å²) in [5.41, 5.74) is 0.258. The molecule has 0 aliphatic rings. The second-order valence-corrected chi connectivity index (χ2v) is 2.72. The van der Waals surface area contributed by atoms with Gasteiger partial charge in [-0.2, -0.15) is 0 Å². The minimum Gasteiger partial charge on any atom is -0.496 e. The predicted molar refractivity (Wildman–Crippen MR) is 49.3 cm³/mol. The van der Waals surface area contributed by atoms with Crippen molar-refractivity contribution in [2.24, 2.45) is 0 Å². The highest BCUT2D eigenvalue weighted by atomic mass is 35.5. The number of rotatable bonds is 2. The van der Waals surface area contributed by atoms with Crippen LogP contribution in [0.3, 0.4) is 0 Å². The largest absolute Gasteiger partial charge is 0.496 e. The van der Waals surface area contributed by atoms with E-state index in [-0.39, 0.29) is 5.56 Å². The minimum absolute atomic E-state index is 0.258. The van der Waals surface area contributed by atoms with E-state index in [2.05, 4.69) is 4.74 Å². The number of ether oxygens (including phenoxy) is 2. The number of carbonyl (C=O) groups excluding carboxylic acids is 1. The van der Waals surface area contributed by atoms with Crippen molar-refractivity contribution in [3.8, 4) is 5.75 Å². The van der Waals surface area contributed by atoms with Crippen LogP contribution in [0.1, 0.15) is 10.4 Å². The van der Waals surface area contributed by atoms with Crippen LogP contribution in [-0.4, -0.2) is 20.2 Å². The van der Waals surface area contributed by atoms with Gasteiger partial charge in [-0.15, -0.1) is 0 Å². The molecule has 0 unspecified atom stereocenters. The molecule has 0 amide bonds. The Bertz CT molecular complexity index is 323. The van der Waals surface area contributed by atoms with Gasteiger partial charge < -0.3 is 9.47 Å². The molecular formula is C9H9ClO3. The lowest BCUT2D eigenvalue weighted by atomic mass is 10.2. The zero-order valence-corrected chi connectivity index (χ0v) is 8.09. The van der Waals surface area contributed by atoms with Gasteiger partial charge in [0.05, 0.1) is 19.2 Å². The molecule has 0 fully saturated rings. The number of methoxy groups -OCH3 is 2. The molecule has 1 aromatic rings. The van der Waals surface area contributed by atoms with Crippen LogP contribution in [0.5, 0.6) is 5.75 Å². The van der Waals surface area contributed by atoms with E-state index >= 15 is 0 Å². The van der Waals surface area contributed by atoms with Crippen LogP contribution in [-0.2, 0) is 4.74 Å². The van der Waals surface area contributed by atoms with Crippen LogP contribution < -0.4 is 4.74 Å². The molecule has 3 nitrogen and oxygen atoms in total. The summed E-state index contributed by atoms with van der Waals surface area (Å²) >= 11 is 5.80. The van der Waals surface area contributed by atoms with Gasteiger partial charge in [0.2, 0.25) is 0 Å². The van der Waals surface area contributed by atoms with E-state index in [1.807, 2.05) is 0 Å². The van der Waals surface area contributed by atoms with Crippen molar-refractivity contribution >= 4 is 17.6 Å². The van der Waals surface area contributed by atoms with E-state index in [0.29, 0.717) is 10.8 Å². The second-order valence-electron chi connectivity index (χ2n) is 2.31. The molecule has 1 aromatic carbocycles. The Kier molecular flexibility index (Phi) is 3.14. The van der Waals surface area contributed by atoms with Crippen LogP contribution in [0.4, 0.5) is 0 Å². The van der Waals surface area contributed by atoms with Crippen LogP contribution in [0.15, 0.2) is 18.2 Å². The first kappa shape index (κ1) is 9.86. The fourth-order valence-electron chi connectivity index (χ4n) is 0.975. The summed E-state index contributed by atoms with van der Waals surface area (Å²) in [5, 5.41) is 0.325. The quantitative estimate of drug-likeness (QED) is 0.687. The second kappa shape index (κ2) is 4.14. The number of halogens is 1. The molecule has 0 aliphatic heterocycles. The third kappa shape index (κ3) is 1.92. The Morgan fingerprint density at radius 3 is 2.62 bits per heavy atom. The van der Waals surface area contributed by atoms with Crippen LogP contribution in [0, 0.1) is 0 Å². The van der Waals surface area contributed by atoms with Gasteiger partial charge in [0.15, 0.2) is 0 Å². The van der Waals surface area contributed by atoms with Gasteiger partial charge in [-0.05, 0) is 12.1 Å². The van der Waals surface area contributed by atoms with E-state index < -0.39 is 5.97 Å². The molecule has 0 heterocycles. The summed E-state index contributed by atoms with van der Waals surface area (Å²) in [7, 11) is 2.77. The first-order valence-electron chi connectivity index (χ1n) is 3.61. The fraction of sp³-hybridized carbons (Fsp3) is 0.222. The third-order valence-corrected chi connectivity index (χ3v) is 1.90. The van der Waals surface area contributed by atoms with E-state index in [1.54, 1.807) is 18.2 Å². The van der Waals surface area contributed by atoms with Crippen LogP contribution in [0.2, 0.25) is 5.02 Å². The minimum atomic E-state index is -0.498. The summed E-state index contributed by atoms with van der Waals surface area (Å²) in [6, 6.07) is 4.96. The molecular weight excluding hydrogens is 192 g/mol. The Hall–Kier alpha value is -1.22. The molecule has 1 rings (SSSR count). The standard InChI is InChI=1S/C9H9ClO3/c1-12-7-5-3-4-6(10)8(7)9(11)13-2/h3-5H,1-2H3. The molecule has 0 bridgehead atoms. The first-order chi connectivity index (χ1) is 6.20. The molecule has 13 heavy (non-hydrogen) atoms. The first-order valence-corrected chi connectivity index (χ1v) is 3.99. The smallest absolute Gasteiger partial charge is 0.343 e. The number of hydrogen-bond donors (Lipinski definition) is 0. The summed E-state index contributed by atoms with van der Waals surface area (Å²) in [6.45, 7) is 0. The Labute approximate surface area is 81.2 Å². The van der Waals surface area contributed by atoms with Gasteiger partial charge in [-0.25, -0.2) is 4.79 Å². The van der Waals surface area contributed by atoms with Gasteiger partial charge in [-0.1, -0.05) is 17.7 Å². The summed E-state index contributed by atoms with van der Waals surface area (Å²) in [5.74, 6) is -0.0817. The normalized spacial score (nSPS) is 9.46. The number of hydrogen-bond acceptors (Lipinski definition) is 3. The molecule has 0 aliphatic carbocycles. The lowest BCUT2D eigenvalue weighted by molar-refractivity contribution is 0.0597. The fourth-order valence-corrected chi connectivity index (χ4v) is 1.22. The van der Waals surface area contributed by atoms with E-state index in [9.17, 15) is 4.79 Å². The molecule has 0 N–H and O–H groups in total. The Morgan fingerprint density at radius 1 is 1.38 bits per heavy atom. The topological polar surface area (TPSA) is 35.5 Å². The van der Waals surface area contributed by atoms with Gasteiger partial charge in [0.25, 0.3) is 0 Å². The van der Waals surface area contributed by atoms with Crippen molar-refractivity contribution in [3.05, 3.63) is 28.8 Å². The highest BCUT2D eigenvalue weighted by molar-refractivity contribution is 6.34. The number of benzene rings is 1. The molecule has 4 heteroatoms. The maximum Gasteiger partial charge on any atom is 0.343 e. The lowest BCUT2D eigenvalue weighted by Gasteiger charge is -2.07. The zero-order chi connectivity index (χ0) is 9.84. The monoisotopic (exact) mass is 200 g/mol. The van der Waals surface area contributed by atoms with Gasteiger partial charge >= 0.3 is 5.97 Å². The Morgan fingerprint density at radius 2 is 2.08 bits per heavy atom. The maximum atomic E-state index is 11.2. The molecule has 0 atom stereocenters. The van der Waals surface area contributed by atoms with Gasteiger partial charge in [-0.3, -0.25) is 0 Å². The summed E-state index contributed by atoms with van der Waals surface area (Å²) in [4.78, 5) is 11.2. The molecule has 0 aromatic heterocycles. The zero-order valence-electron chi connectivity index (χ0n) is 7.33. The van der Waals surface area contributed by atoms with Crippen molar-refractivity contribution in [1.82, 2.24) is 0 Å². The van der Waals surface area contributed by atoms with Gasteiger partial charge in [0, 0.05) is 0 Å². The van der Waals surface area contributed by atoms with Gasteiger partial charge in [0.1, 0.15) is 11.3 Å². The average molecular weight is 201 g/mol. The van der Waals surface area contributed by atoms with Crippen molar-refractivity contribution in [2.75, 3.05) is 14.2 Å². The highest BCUT2D eigenvalue weighted by Crippen LogP contribution is 2.26. The molecule has 0 saturated heterocycles. The van der Waals surface area contributed by atoms with Crippen LogP contribution in [0.25, 0.3) is 0 Å². The molecule has 0 saturated carbocycles. The summed E-state index contributed by atoms with van der Waals surface area (Å²) in [6.07, 6.45) is 0. The van der Waals surface area contributed by atoms with E-state index in [1.165, 1.54) is 14.2 Å². The van der Waals surface area contributed by atoms with Crippen molar-refractivity contribution in [1.29, 1.82) is 0 Å².